The predicted octanol–water partition coefficient (Wildman–Crippen LogP) is 1.87. The van der Waals surface area contributed by atoms with Gasteiger partial charge in [-0.1, -0.05) is 33.6 Å². The Labute approximate surface area is 81.6 Å². The summed E-state index contributed by atoms with van der Waals surface area (Å²) in [6.45, 7) is 7.60. The lowest BCUT2D eigenvalue weighted by Gasteiger charge is -2.21. The Morgan fingerprint density at radius 1 is 1.23 bits per heavy atom. The summed E-state index contributed by atoms with van der Waals surface area (Å²) in [5, 5.41) is 0. The van der Waals surface area contributed by atoms with Crippen molar-refractivity contribution in [2.75, 3.05) is 6.54 Å². The third-order valence-corrected chi connectivity index (χ3v) is 2.51. The third-order valence-electron chi connectivity index (χ3n) is 2.51. The van der Waals surface area contributed by atoms with E-state index in [1.807, 2.05) is 0 Å². The quantitative estimate of drug-likeness (QED) is 0.377. The first-order chi connectivity index (χ1) is 5.98. The van der Waals surface area contributed by atoms with Crippen LogP contribution in [-0.4, -0.2) is 12.5 Å². The number of nitrogens with zero attached hydrogens (tertiary/aromatic N) is 1. The van der Waals surface area contributed by atoms with Crippen LogP contribution < -0.4 is 11.5 Å². The molecule has 0 spiro atoms. The van der Waals surface area contributed by atoms with Gasteiger partial charge in [-0.05, 0) is 18.3 Å². The lowest BCUT2D eigenvalue weighted by atomic mass is 9.85. The Kier molecular flexibility index (Phi) is 5.51. The van der Waals surface area contributed by atoms with Gasteiger partial charge in [-0.3, -0.25) is 4.99 Å². The zero-order valence-electron chi connectivity index (χ0n) is 9.14. The molecule has 0 aromatic rings. The zero-order valence-corrected chi connectivity index (χ0v) is 9.14. The van der Waals surface area contributed by atoms with E-state index in [0.29, 0.717) is 5.41 Å². The molecular weight excluding hydrogens is 162 g/mol. The number of nitrogens with two attached hydrogens (primary N) is 2. The largest absolute Gasteiger partial charge is 0.370 e. The molecule has 0 aliphatic heterocycles. The Balaban J connectivity index is 3.41. The molecule has 0 aromatic heterocycles. The van der Waals surface area contributed by atoms with E-state index in [0.717, 1.165) is 13.0 Å². The number of guanidine groups is 1. The molecular formula is C10H23N3. The minimum atomic E-state index is 0.203. The van der Waals surface area contributed by atoms with Crippen molar-refractivity contribution in [3.05, 3.63) is 0 Å². The second-order valence-corrected chi connectivity index (χ2v) is 4.28. The van der Waals surface area contributed by atoms with E-state index in [9.17, 15) is 0 Å². The molecule has 0 saturated carbocycles. The summed E-state index contributed by atoms with van der Waals surface area (Å²) < 4.78 is 0. The first-order valence-electron chi connectivity index (χ1n) is 5.03. The fourth-order valence-electron chi connectivity index (χ4n) is 1.10. The van der Waals surface area contributed by atoms with Gasteiger partial charge in [-0.2, -0.15) is 0 Å². The van der Waals surface area contributed by atoms with Crippen LogP contribution in [0.4, 0.5) is 0 Å². The number of rotatable bonds is 6. The molecule has 0 unspecified atom stereocenters. The number of unbranched alkanes of at least 4 members (excludes halogenated alkanes) is 1. The highest BCUT2D eigenvalue weighted by molar-refractivity contribution is 5.75. The van der Waals surface area contributed by atoms with Gasteiger partial charge in [0.2, 0.25) is 0 Å². The van der Waals surface area contributed by atoms with Crippen LogP contribution in [0.15, 0.2) is 4.99 Å². The maximum Gasteiger partial charge on any atom is 0.185 e. The van der Waals surface area contributed by atoms with Crippen LogP contribution in [0.25, 0.3) is 0 Å². The average molecular weight is 185 g/mol. The smallest absolute Gasteiger partial charge is 0.185 e. The molecule has 0 heterocycles. The van der Waals surface area contributed by atoms with E-state index < -0.39 is 0 Å². The first kappa shape index (κ1) is 12.3. The minimum absolute atomic E-state index is 0.203. The Hall–Kier alpha value is -0.730. The summed E-state index contributed by atoms with van der Waals surface area (Å²) in [4.78, 5) is 3.94. The highest BCUT2D eigenvalue weighted by Gasteiger charge is 2.13. The fraction of sp³-hybridized carbons (Fsp3) is 0.900. The maximum atomic E-state index is 5.21. The molecule has 0 aliphatic rings. The van der Waals surface area contributed by atoms with Crippen LogP contribution in [0.3, 0.4) is 0 Å². The van der Waals surface area contributed by atoms with Crippen LogP contribution in [0, 0.1) is 5.41 Å². The summed E-state index contributed by atoms with van der Waals surface area (Å²) in [6.07, 6.45) is 4.78. The number of hydrogen-bond acceptors (Lipinski definition) is 1. The van der Waals surface area contributed by atoms with E-state index in [2.05, 4.69) is 25.8 Å². The molecule has 3 nitrogen and oxygen atoms in total. The highest BCUT2D eigenvalue weighted by atomic mass is 15.0. The van der Waals surface area contributed by atoms with Gasteiger partial charge in [0.1, 0.15) is 0 Å². The predicted molar refractivity (Wildman–Crippen MR) is 58.6 cm³/mol. The molecule has 0 aromatic carbocycles. The van der Waals surface area contributed by atoms with E-state index in [4.69, 9.17) is 11.5 Å². The second kappa shape index (κ2) is 5.84. The molecule has 0 fully saturated rings. The number of aliphatic imine (C=N–C) groups is 1. The van der Waals surface area contributed by atoms with Crippen molar-refractivity contribution in [2.45, 2.75) is 46.5 Å². The Morgan fingerprint density at radius 2 is 1.85 bits per heavy atom. The minimum Gasteiger partial charge on any atom is -0.370 e. The Morgan fingerprint density at radius 3 is 2.31 bits per heavy atom. The van der Waals surface area contributed by atoms with Crippen molar-refractivity contribution in [1.29, 1.82) is 0 Å². The van der Waals surface area contributed by atoms with Crippen LogP contribution in [0.1, 0.15) is 46.5 Å². The van der Waals surface area contributed by atoms with Gasteiger partial charge in [0.05, 0.1) is 0 Å². The molecule has 0 atom stereocenters. The van der Waals surface area contributed by atoms with Gasteiger partial charge in [-0.15, -0.1) is 0 Å². The van der Waals surface area contributed by atoms with Crippen molar-refractivity contribution < 1.29 is 0 Å². The molecule has 0 bridgehead atoms. The fourth-order valence-corrected chi connectivity index (χ4v) is 1.10. The van der Waals surface area contributed by atoms with Crippen molar-refractivity contribution >= 4 is 5.96 Å². The summed E-state index contributed by atoms with van der Waals surface area (Å²) in [7, 11) is 0. The average Bonchev–Trinajstić information content (AvgIpc) is 2.03. The van der Waals surface area contributed by atoms with E-state index in [1.54, 1.807) is 0 Å². The van der Waals surface area contributed by atoms with Gasteiger partial charge in [0.15, 0.2) is 5.96 Å². The summed E-state index contributed by atoms with van der Waals surface area (Å²) in [5.41, 5.74) is 10.9. The normalized spacial score (nSPS) is 11.3. The van der Waals surface area contributed by atoms with Gasteiger partial charge in [0.25, 0.3) is 0 Å². The van der Waals surface area contributed by atoms with E-state index in [-0.39, 0.29) is 5.96 Å². The lowest BCUT2D eigenvalue weighted by Crippen LogP contribution is -2.23. The van der Waals surface area contributed by atoms with E-state index >= 15 is 0 Å². The van der Waals surface area contributed by atoms with Gasteiger partial charge >= 0.3 is 0 Å². The molecule has 3 heteroatoms. The molecule has 0 rings (SSSR count). The molecule has 4 N–H and O–H groups in total. The van der Waals surface area contributed by atoms with Crippen molar-refractivity contribution in [2.24, 2.45) is 21.9 Å². The zero-order chi connectivity index (χ0) is 10.3. The van der Waals surface area contributed by atoms with Crippen molar-refractivity contribution in [3.8, 4) is 0 Å². The van der Waals surface area contributed by atoms with Gasteiger partial charge < -0.3 is 11.5 Å². The Bertz CT molecular complexity index is 158. The van der Waals surface area contributed by atoms with Crippen molar-refractivity contribution in [1.82, 2.24) is 0 Å². The number of hydrogen-bond donors (Lipinski definition) is 2. The SMILES string of the molecule is CCC(C)(C)CCCCN=C(N)N. The summed E-state index contributed by atoms with van der Waals surface area (Å²) in [6, 6.07) is 0. The first-order valence-corrected chi connectivity index (χ1v) is 5.03. The second-order valence-electron chi connectivity index (χ2n) is 4.28. The topological polar surface area (TPSA) is 64.4 Å². The maximum absolute atomic E-state index is 5.21. The molecule has 0 radical (unpaired) electrons. The van der Waals surface area contributed by atoms with Crippen LogP contribution in [-0.2, 0) is 0 Å². The van der Waals surface area contributed by atoms with Crippen LogP contribution in [0.2, 0.25) is 0 Å². The summed E-state index contributed by atoms with van der Waals surface area (Å²) >= 11 is 0. The standard InChI is InChI=1S/C10H23N3/c1-4-10(2,3)7-5-6-8-13-9(11)12/h4-8H2,1-3H3,(H4,11,12,13). The summed E-state index contributed by atoms with van der Waals surface area (Å²) in [5.74, 6) is 0.203. The van der Waals surface area contributed by atoms with Gasteiger partial charge in [-0.25, -0.2) is 0 Å². The monoisotopic (exact) mass is 185 g/mol. The highest BCUT2D eigenvalue weighted by Crippen LogP contribution is 2.26. The van der Waals surface area contributed by atoms with Crippen LogP contribution in [0.5, 0.6) is 0 Å². The van der Waals surface area contributed by atoms with E-state index in [1.165, 1.54) is 19.3 Å². The molecule has 0 aliphatic carbocycles. The molecule has 78 valence electrons. The van der Waals surface area contributed by atoms with Crippen LogP contribution >= 0.6 is 0 Å². The lowest BCUT2D eigenvalue weighted by molar-refractivity contribution is 0.310. The molecule has 0 saturated heterocycles. The van der Waals surface area contributed by atoms with Crippen molar-refractivity contribution in [3.63, 3.8) is 0 Å². The third kappa shape index (κ3) is 7.62. The molecule has 13 heavy (non-hydrogen) atoms. The van der Waals surface area contributed by atoms with Gasteiger partial charge in [0, 0.05) is 6.54 Å². The molecule has 0 amide bonds.